The quantitative estimate of drug-likeness (QED) is 0.594. The van der Waals surface area contributed by atoms with Crippen LogP contribution in [0.5, 0.6) is 0 Å². The third-order valence-corrected chi connectivity index (χ3v) is 1.70. The van der Waals surface area contributed by atoms with Crippen LogP contribution >= 0.6 is 12.2 Å². The number of hydrogen-bond acceptors (Lipinski definition) is 3. The second-order valence-electron chi connectivity index (χ2n) is 2.28. The third kappa shape index (κ3) is 0.932. The van der Waals surface area contributed by atoms with Crippen molar-refractivity contribution in [1.29, 1.82) is 0 Å². The van der Waals surface area contributed by atoms with Crippen LogP contribution in [0.2, 0.25) is 0 Å². The first kappa shape index (κ1) is 6.48. The average Bonchev–Trinajstić information content (AvgIpc) is 2.33. The Labute approximate surface area is 67.9 Å². The van der Waals surface area contributed by atoms with E-state index >= 15 is 0 Å². The molecule has 5 heteroatoms. The van der Waals surface area contributed by atoms with E-state index < -0.39 is 0 Å². The van der Waals surface area contributed by atoms with Gasteiger partial charge >= 0.3 is 0 Å². The molecule has 0 atom stereocenters. The first-order valence-electron chi connectivity index (χ1n) is 3.14. The number of aryl methyl sites for hydroxylation is 1. The fourth-order valence-electron chi connectivity index (χ4n) is 0.948. The predicted molar refractivity (Wildman–Crippen MR) is 43.7 cm³/mol. The molecular weight excluding hydrogens is 160 g/mol. The lowest BCUT2D eigenvalue weighted by Crippen LogP contribution is -1.88. The third-order valence-electron chi connectivity index (χ3n) is 1.49. The van der Waals surface area contributed by atoms with Gasteiger partial charge in [0.1, 0.15) is 11.2 Å². The van der Waals surface area contributed by atoms with Crippen molar-refractivity contribution in [3.05, 3.63) is 17.3 Å². The van der Waals surface area contributed by atoms with Crippen LogP contribution in [0.4, 0.5) is 0 Å². The van der Waals surface area contributed by atoms with Gasteiger partial charge in [-0.1, -0.05) is 0 Å². The Bertz CT molecular complexity index is 441. The average molecular weight is 166 g/mol. The molecule has 0 spiro atoms. The molecule has 0 aliphatic rings. The predicted octanol–water partition coefficient (Wildman–Crippen LogP) is 1.03. The zero-order valence-electron chi connectivity index (χ0n) is 5.90. The topological polar surface area (TPSA) is 46.5 Å². The molecule has 4 nitrogen and oxygen atoms in total. The maximum Gasteiger partial charge on any atom is 0.198 e. The van der Waals surface area contributed by atoms with E-state index in [4.69, 9.17) is 12.2 Å². The maximum absolute atomic E-state index is 4.86. The van der Waals surface area contributed by atoms with E-state index in [1.54, 1.807) is 12.5 Å². The smallest absolute Gasteiger partial charge is 0.198 e. The molecule has 2 aromatic heterocycles. The summed E-state index contributed by atoms with van der Waals surface area (Å²) in [6.45, 7) is 0. The van der Waals surface area contributed by atoms with Crippen molar-refractivity contribution >= 4 is 23.4 Å². The van der Waals surface area contributed by atoms with Gasteiger partial charge in [0.2, 0.25) is 0 Å². The molecule has 2 rings (SSSR count). The molecule has 0 fully saturated rings. The summed E-state index contributed by atoms with van der Waals surface area (Å²) in [5.41, 5.74) is 1.74. The zero-order chi connectivity index (χ0) is 7.84. The first-order chi connectivity index (χ1) is 5.27. The molecule has 11 heavy (non-hydrogen) atoms. The number of hydrogen-bond donors (Lipinski definition) is 1. The van der Waals surface area contributed by atoms with Crippen LogP contribution in [0.15, 0.2) is 12.5 Å². The van der Waals surface area contributed by atoms with Crippen molar-refractivity contribution in [2.24, 2.45) is 7.05 Å². The van der Waals surface area contributed by atoms with Gasteiger partial charge in [-0.2, -0.15) is 0 Å². The van der Waals surface area contributed by atoms with Crippen molar-refractivity contribution in [2.75, 3.05) is 0 Å². The van der Waals surface area contributed by atoms with Crippen molar-refractivity contribution in [3.8, 4) is 0 Å². The summed E-state index contributed by atoms with van der Waals surface area (Å²) in [6, 6.07) is 0. The summed E-state index contributed by atoms with van der Waals surface area (Å²) in [4.78, 5) is 10.9. The molecule has 0 saturated heterocycles. The minimum Gasteiger partial charge on any atom is -0.320 e. The number of aromatic amines is 1. The highest BCUT2D eigenvalue weighted by molar-refractivity contribution is 7.71. The van der Waals surface area contributed by atoms with E-state index in [0.717, 1.165) is 11.2 Å². The van der Waals surface area contributed by atoms with Gasteiger partial charge in [0.15, 0.2) is 4.77 Å². The minimum absolute atomic E-state index is 0.487. The molecule has 0 aliphatic carbocycles. The number of aromatic nitrogens is 4. The van der Waals surface area contributed by atoms with Crippen LogP contribution in [0.1, 0.15) is 0 Å². The molecule has 2 heterocycles. The summed E-state index contributed by atoms with van der Waals surface area (Å²) in [5.74, 6) is 0. The van der Waals surface area contributed by atoms with Gasteiger partial charge in [0.25, 0.3) is 0 Å². The Balaban J connectivity index is 2.98. The van der Waals surface area contributed by atoms with Crippen LogP contribution in [-0.2, 0) is 7.05 Å². The van der Waals surface area contributed by atoms with E-state index in [1.807, 2.05) is 11.6 Å². The minimum atomic E-state index is 0.487. The molecule has 0 aliphatic heterocycles. The van der Waals surface area contributed by atoms with E-state index in [1.165, 1.54) is 0 Å². The maximum atomic E-state index is 4.86. The summed E-state index contributed by atoms with van der Waals surface area (Å²) in [6.07, 6.45) is 3.38. The molecule has 0 unspecified atom stereocenters. The molecular formula is C6H6N4S. The Kier molecular flexibility index (Phi) is 1.25. The number of fused-ring (bicyclic) bond motifs is 1. The lowest BCUT2D eigenvalue weighted by Gasteiger charge is -1.91. The van der Waals surface area contributed by atoms with Gasteiger partial charge in [-0.05, 0) is 12.2 Å². The van der Waals surface area contributed by atoms with Gasteiger partial charge in [0, 0.05) is 7.05 Å². The molecule has 0 bridgehead atoms. The van der Waals surface area contributed by atoms with Gasteiger partial charge in [0.05, 0.1) is 12.5 Å². The molecule has 0 aromatic carbocycles. The number of nitrogens with one attached hydrogen (secondary N) is 1. The summed E-state index contributed by atoms with van der Waals surface area (Å²) in [7, 11) is 1.90. The normalized spacial score (nSPS) is 10.6. The molecule has 2 aromatic rings. The Morgan fingerprint density at radius 1 is 1.55 bits per heavy atom. The Hall–Kier alpha value is -1.23. The fourth-order valence-corrected chi connectivity index (χ4v) is 1.10. The largest absolute Gasteiger partial charge is 0.320 e. The molecule has 1 N–H and O–H groups in total. The second kappa shape index (κ2) is 2.13. The van der Waals surface area contributed by atoms with Crippen molar-refractivity contribution in [3.63, 3.8) is 0 Å². The highest BCUT2D eigenvalue weighted by Crippen LogP contribution is 2.04. The van der Waals surface area contributed by atoms with Crippen LogP contribution in [0.3, 0.4) is 0 Å². The lowest BCUT2D eigenvalue weighted by molar-refractivity contribution is 0.926. The van der Waals surface area contributed by atoms with E-state index in [-0.39, 0.29) is 0 Å². The van der Waals surface area contributed by atoms with Crippen molar-refractivity contribution < 1.29 is 0 Å². The Morgan fingerprint density at radius 2 is 2.36 bits per heavy atom. The standard InChI is InChI=1S/C6H6N4S/c1-10-3-8-4-2-7-6(11)9-5(4)10/h2-3H,1H3,(H,7,9,11). The van der Waals surface area contributed by atoms with E-state index in [2.05, 4.69) is 15.0 Å². The van der Waals surface area contributed by atoms with Gasteiger partial charge in [-0.3, -0.25) is 0 Å². The number of nitrogens with zero attached hydrogens (tertiary/aromatic N) is 3. The molecule has 0 saturated carbocycles. The van der Waals surface area contributed by atoms with Crippen LogP contribution < -0.4 is 0 Å². The highest BCUT2D eigenvalue weighted by atomic mass is 32.1. The van der Waals surface area contributed by atoms with Crippen LogP contribution in [-0.4, -0.2) is 19.5 Å². The van der Waals surface area contributed by atoms with Crippen molar-refractivity contribution in [1.82, 2.24) is 19.5 Å². The van der Waals surface area contributed by atoms with Gasteiger partial charge in [-0.25, -0.2) is 9.97 Å². The number of imidazole rings is 1. The SMILES string of the molecule is Cn1cnc2cnc(=S)[nH]c21. The fraction of sp³-hybridized carbons (Fsp3) is 0.167. The molecule has 0 amide bonds. The zero-order valence-corrected chi connectivity index (χ0v) is 6.72. The van der Waals surface area contributed by atoms with Gasteiger partial charge < -0.3 is 9.55 Å². The summed E-state index contributed by atoms with van der Waals surface area (Å²) >= 11 is 4.86. The second-order valence-corrected chi connectivity index (χ2v) is 2.66. The lowest BCUT2D eigenvalue weighted by atomic mass is 10.6. The number of rotatable bonds is 0. The summed E-state index contributed by atoms with van der Waals surface area (Å²) < 4.78 is 2.36. The van der Waals surface area contributed by atoms with E-state index in [9.17, 15) is 0 Å². The Morgan fingerprint density at radius 3 is 3.18 bits per heavy atom. The summed E-state index contributed by atoms with van der Waals surface area (Å²) in [5, 5.41) is 0. The monoisotopic (exact) mass is 166 g/mol. The number of H-pyrrole nitrogens is 1. The van der Waals surface area contributed by atoms with Crippen LogP contribution in [0, 0.1) is 4.77 Å². The molecule has 0 radical (unpaired) electrons. The van der Waals surface area contributed by atoms with Crippen molar-refractivity contribution in [2.45, 2.75) is 0 Å². The first-order valence-corrected chi connectivity index (χ1v) is 3.54. The highest BCUT2D eigenvalue weighted by Gasteiger charge is 1.97. The molecule has 56 valence electrons. The van der Waals surface area contributed by atoms with E-state index in [0.29, 0.717) is 4.77 Å². The van der Waals surface area contributed by atoms with Gasteiger partial charge in [-0.15, -0.1) is 0 Å². The van der Waals surface area contributed by atoms with Crippen LogP contribution in [0.25, 0.3) is 11.2 Å².